The summed E-state index contributed by atoms with van der Waals surface area (Å²) in [4.78, 5) is 0. The summed E-state index contributed by atoms with van der Waals surface area (Å²) in [5.74, 6) is 0. The first-order valence-electron chi connectivity index (χ1n) is 12.8. The van der Waals surface area contributed by atoms with Crippen molar-refractivity contribution in [1.82, 2.24) is 0 Å². The summed E-state index contributed by atoms with van der Waals surface area (Å²) in [5.41, 5.74) is 0. The van der Waals surface area contributed by atoms with Gasteiger partial charge in [0, 0.05) is 0 Å². The minimum atomic E-state index is -3.73. The van der Waals surface area contributed by atoms with E-state index in [1.54, 1.807) is 0 Å². The summed E-state index contributed by atoms with van der Waals surface area (Å²) in [6.07, 6.45) is 15.2. The summed E-state index contributed by atoms with van der Waals surface area (Å²) in [5, 5.41) is 0. The van der Waals surface area contributed by atoms with Gasteiger partial charge in [-0.2, -0.15) is 8.42 Å². The van der Waals surface area contributed by atoms with Crippen LogP contribution in [0.3, 0.4) is 0 Å². The first-order chi connectivity index (χ1) is 14.4. The maximum atomic E-state index is 11.1. The van der Waals surface area contributed by atoms with Crippen molar-refractivity contribution < 1.29 is 21.3 Å². The predicted molar refractivity (Wildman–Crippen MR) is 128 cm³/mol. The van der Waals surface area contributed by atoms with Crippen molar-refractivity contribution in [2.45, 2.75) is 124 Å². The Labute approximate surface area is 188 Å². The van der Waals surface area contributed by atoms with Crippen LogP contribution in [0.15, 0.2) is 0 Å². The second kappa shape index (κ2) is 18.4. The quantitative estimate of drug-likeness (QED) is 0.296. The molecule has 0 spiro atoms. The summed E-state index contributed by atoms with van der Waals surface area (Å²) in [6, 6.07) is 0. The van der Waals surface area contributed by atoms with E-state index in [1.165, 1.54) is 82.0 Å². The number of rotatable bonds is 13. The lowest BCUT2D eigenvalue weighted by atomic mass is 10.1. The monoisotopic (exact) mass is 450 g/mol. The first-order valence-corrected chi connectivity index (χ1v) is 14.1. The molecule has 1 fully saturated rings. The van der Waals surface area contributed by atoms with E-state index in [1.807, 2.05) is 6.92 Å². The van der Waals surface area contributed by atoms with Crippen LogP contribution in [0.2, 0.25) is 0 Å². The summed E-state index contributed by atoms with van der Waals surface area (Å²) in [6.45, 7) is 17.2. The molecule has 1 atom stereocenters. The van der Waals surface area contributed by atoms with Crippen LogP contribution < -0.4 is 0 Å². The highest BCUT2D eigenvalue weighted by atomic mass is 32.3. The van der Waals surface area contributed by atoms with Gasteiger partial charge in [-0.25, -0.2) is 8.37 Å². The molecule has 6 heteroatoms. The Bertz CT molecular complexity index is 444. The fourth-order valence-electron chi connectivity index (χ4n) is 3.97. The largest absolute Gasteiger partial charge is 0.400 e. The Kier molecular flexibility index (Phi) is 18.3. The number of hydrogen-bond acceptors (Lipinski definition) is 4. The number of unbranched alkanes of at least 4 members (excludes halogenated alkanes) is 4. The molecule has 0 aliphatic carbocycles. The van der Waals surface area contributed by atoms with Crippen molar-refractivity contribution >= 4 is 10.4 Å². The molecule has 1 saturated heterocycles. The standard InChI is InChI=1S/C16H36N.C8H16O4S/c1-5-9-13-17(14-10-6-2,15-11-7-3)16-12-8-4;1-2-8-6-4-3-5-7-11-13(9,10)12-8/h5-16H2,1-4H3;8H,2-7H2,1H3/q+1;. The molecular formula is C24H52NO4S+. The van der Waals surface area contributed by atoms with Crippen LogP contribution in [0.1, 0.15) is 118 Å². The molecule has 30 heavy (non-hydrogen) atoms. The van der Waals surface area contributed by atoms with Gasteiger partial charge in [0.25, 0.3) is 0 Å². The van der Waals surface area contributed by atoms with Crippen LogP contribution in [0.25, 0.3) is 0 Å². The third-order valence-electron chi connectivity index (χ3n) is 6.05. The Morgan fingerprint density at radius 3 is 1.60 bits per heavy atom. The lowest BCUT2D eigenvalue weighted by Crippen LogP contribution is -2.50. The lowest BCUT2D eigenvalue weighted by Gasteiger charge is -2.39. The van der Waals surface area contributed by atoms with Gasteiger partial charge < -0.3 is 4.48 Å². The maximum absolute atomic E-state index is 11.1. The van der Waals surface area contributed by atoms with Crippen LogP contribution in [0.5, 0.6) is 0 Å². The van der Waals surface area contributed by atoms with E-state index in [9.17, 15) is 8.42 Å². The highest BCUT2D eigenvalue weighted by molar-refractivity contribution is 7.81. The lowest BCUT2D eigenvalue weighted by molar-refractivity contribution is -0.929. The van der Waals surface area contributed by atoms with Crippen LogP contribution in [0.4, 0.5) is 0 Å². The fraction of sp³-hybridized carbons (Fsp3) is 1.00. The predicted octanol–water partition coefficient (Wildman–Crippen LogP) is 6.62. The summed E-state index contributed by atoms with van der Waals surface area (Å²) in [7, 11) is -3.73. The SMILES string of the molecule is CCC1CCCCCOS(=O)(=O)O1.CCCC[N+](CCCC)(CCCC)CCCC. The third kappa shape index (κ3) is 14.8. The van der Waals surface area contributed by atoms with Crippen LogP contribution in [0, 0.1) is 0 Å². The summed E-state index contributed by atoms with van der Waals surface area (Å²) < 4.78 is 33.1. The maximum Gasteiger partial charge on any atom is 0.400 e. The average molecular weight is 451 g/mol. The molecule has 0 saturated carbocycles. The second-order valence-electron chi connectivity index (χ2n) is 8.86. The molecule has 1 aliphatic heterocycles. The van der Waals surface area contributed by atoms with Gasteiger partial charge in [0.05, 0.1) is 38.9 Å². The van der Waals surface area contributed by atoms with Gasteiger partial charge in [0.1, 0.15) is 0 Å². The average Bonchev–Trinajstić information content (AvgIpc) is 2.82. The number of nitrogens with zero attached hydrogens (tertiary/aromatic N) is 1. The minimum Gasteiger partial charge on any atom is -0.324 e. The molecule has 1 rings (SSSR count). The van der Waals surface area contributed by atoms with Crippen molar-refractivity contribution in [3.8, 4) is 0 Å². The normalized spacial score (nSPS) is 19.8. The minimum absolute atomic E-state index is 0.205. The van der Waals surface area contributed by atoms with Crippen molar-refractivity contribution in [3.05, 3.63) is 0 Å². The van der Waals surface area contributed by atoms with Crippen molar-refractivity contribution in [2.24, 2.45) is 0 Å². The fourth-order valence-corrected chi connectivity index (χ4v) is 4.91. The van der Waals surface area contributed by atoms with Crippen LogP contribution in [-0.2, 0) is 18.8 Å². The Balaban J connectivity index is 0.000000579. The van der Waals surface area contributed by atoms with Gasteiger partial charge in [0.15, 0.2) is 0 Å². The van der Waals surface area contributed by atoms with Crippen molar-refractivity contribution in [1.29, 1.82) is 0 Å². The highest BCUT2D eigenvalue weighted by Gasteiger charge is 2.24. The van der Waals surface area contributed by atoms with Crippen LogP contribution in [-0.4, -0.2) is 51.8 Å². The molecule has 1 heterocycles. The molecule has 0 N–H and O–H groups in total. The molecule has 0 radical (unpaired) electrons. The van der Waals surface area contributed by atoms with E-state index in [0.29, 0.717) is 6.42 Å². The number of hydrogen-bond donors (Lipinski definition) is 0. The topological polar surface area (TPSA) is 52.6 Å². The van der Waals surface area contributed by atoms with Gasteiger partial charge in [-0.15, -0.1) is 0 Å². The Hall–Kier alpha value is -0.170. The van der Waals surface area contributed by atoms with E-state index in [0.717, 1.165) is 25.7 Å². The second-order valence-corrected chi connectivity index (χ2v) is 10.1. The molecule has 182 valence electrons. The smallest absolute Gasteiger partial charge is 0.324 e. The molecule has 1 aliphatic rings. The Morgan fingerprint density at radius 1 is 0.733 bits per heavy atom. The molecule has 0 bridgehead atoms. The van der Waals surface area contributed by atoms with E-state index >= 15 is 0 Å². The van der Waals surface area contributed by atoms with E-state index < -0.39 is 10.4 Å². The summed E-state index contributed by atoms with van der Waals surface area (Å²) >= 11 is 0. The van der Waals surface area contributed by atoms with Gasteiger partial charge >= 0.3 is 10.4 Å². The van der Waals surface area contributed by atoms with Gasteiger partial charge in [-0.05, 0) is 44.9 Å². The third-order valence-corrected chi connectivity index (χ3v) is 7.01. The molecular weight excluding hydrogens is 398 g/mol. The van der Waals surface area contributed by atoms with E-state index in [2.05, 4.69) is 31.9 Å². The zero-order valence-electron chi connectivity index (χ0n) is 20.8. The zero-order chi connectivity index (χ0) is 22.7. The molecule has 0 aromatic heterocycles. The molecule has 5 nitrogen and oxygen atoms in total. The van der Waals surface area contributed by atoms with Gasteiger partial charge in [0.2, 0.25) is 0 Å². The Morgan fingerprint density at radius 2 is 1.20 bits per heavy atom. The molecule has 0 aromatic rings. The first kappa shape index (κ1) is 29.8. The van der Waals surface area contributed by atoms with Gasteiger partial charge in [-0.3, -0.25) is 0 Å². The molecule has 0 aromatic carbocycles. The van der Waals surface area contributed by atoms with Crippen molar-refractivity contribution in [3.63, 3.8) is 0 Å². The highest BCUT2D eigenvalue weighted by Crippen LogP contribution is 2.17. The van der Waals surface area contributed by atoms with E-state index in [4.69, 9.17) is 4.18 Å². The number of quaternary nitrogens is 1. The molecule has 0 amide bonds. The van der Waals surface area contributed by atoms with E-state index in [-0.39, 0.29) is 12.7 Å². The zero-order valence-corrected chi connectivity index (χ0v) is 21.6. The van der Waals surface area contributed by atoms with Crippen LogP contribution >= 0.6 is 0 Å². The van der Waals surface area contributed by atoms with Crippen molar-refractivity contribution in [2.75, 3.05) is 32.8 Å². The van der Waals surface area contributed by atoms with Gasteiger partial charge in [-0.1, -0.05) is 73.1 Å². The molecule has 1 unspecified atom stereocenters.